The molecule has 0 amide bonds. The lowest BCUT2D eigenvalue weighted by atomic mass is 9.36. The van der Waals surface area contributed by atoms with Gasteiger partial charge in [0.1, 0.15) is 40.2 Å². The van der Waals surface area contributed by atoms with E-state index in [-0.39, 0.29) is 20.1 Å². The zero-order valence-electron chi connectivity index (χ0n) is 45.7. The zero-order valence-corrected chi connectivity index (χ0v) is 48.1. The van der Waals surface area contributed by atoms with Crippen LogP contribution in [0, 0.1) is 41.5 Å². The molecule has 0 N–H and O–H groups in total. The summed E-state index contributed by atoms with van der Waals surface area (Å²) in [5.41, 5.74) is 25.4. The average molecular weight is 1100 g/mol. The summed E-state index contributed by atoms with van der Waals surface area (Å²) in [5.74, 6) is 6.97. The number of ether oxygens (including phenoxy) is 4. The van der Waals surface area contributed by atoms with Crippen LogP contribution in [0.25, 0.3) is 33.4 Å². The Morgan fingerprint density at radius 3 is 1.27 bits per heavy atom. The first-order valence-corrected chi connectivity index (χ1v) is 30.6. The van der Waals surface area contributed by atoms with Gasteiger partial charge >= 0.3 is 0 Å². The Morgan fingerprint density at radius 2 is 0.778 bits per heavy atom. The van der Waals surface area contributed by atoms with E-state index in [1.54, 1.807) is 11.9 Å². The summed E-state index contributed by atoms with van der Waals surface area (Å²) in [5, 5.41) is 0. The highest BCUT2D eigenvalue weighted by molar-refractivity contribution is 8.00. The number of hydrogen-bond donors (Lipinski definition) is 0. The monoisotopic (exact) mass is 1100 g/mol. The van der Waals surface area contributed by atoms with Crippen molar-refractivity contribution in [3.8, 4) is 79.4 Å². The van der Waals surface area contributed by atoms with Gasteiger partial charge in [-0.3, -0.25) is 4.31 Å². The molecule has 0 fully saturated rings. The van der Waals surface area contributed by atoms with Crippen LogP contribution in [-0.4, -0.2) is 26.4 Å². The van der Waals surface area contributed by atoms with E-state index in [9.17, 15) is 0 Å². The summed E-state index contributed by atoms with van der Waals surface area (Å²) in [6.45, 7) is 12.8. The third kappa shape index (κ3) is 6.61. The second-order valence-electron chi connectivity index (χ2n) is 22.4. The molecule has 9 aromatic carbocycles. The maximum absolute atomic E-state index is 7.78. The maximum atomic E-state index is 7.78. The van der Waals surface area contributed by atoms with Crippen molar-refractivity contribution in [3.63, 3.8) is 0 Å². The molecule has 8 heterocycles. The van der Waals surface area contributed by atoms with E-state index < -0.39 is 0 Å². The summed E-state index contributed by atoms with van der Waals surface area (Å²) in [6.07, 6.45) is 2.19. The highest BCUT2D eigenvalue weighted by Gasteiger charge is 2.54. The lowest BCUT2D eigenvalue weighted by Crippen LogP contribution is -2.58. The number of nitrogens with zero attached hydrogens (tertiary/aromatic N) is 2. The molecule has 0 bridgehead atoms. The Kier molecular flexibility index (Phi) is 10.2. The van der Waals surface area contributed by atoms with Crippen molar-refractivity contribution < 1.29 is 18.9 Å². The topological polar surface area (TPSA) is 43.4 Å². The van der Waals surface area contributed by atoms with E-state index in [0.29, 0.717) is 0 Å². The molecular formula is C69H49B3N2O4S3. The van der Waals surface area contributed by atoms with Gasteiger partial charge in [0.15, 0.2) is 11.5 Å². The average Bonchev–Trinajstić information content (AvgIpc) is 2.49. The van der Waals surface area contributed by atoms with Crippen LogP contribution in [0.15, 0.2) is 170 Å². The molecule has 0 saturated carbocycles. The smallest absolute Gasteiger partial charge is 0.285 e. The number of anilines is 5. The predicted molar refractivity (Wildman–Crippen MR) is 344 cm³/mol. The number of hydrogen-bond acceptors (Lipinski definition) is 9. The van der Waals surface area contributed by atoms with E-state index >= 15 is 0 Å². The van der Waals surface area contributed by atoms with Gasteiger partial charge in [0.05, 0.1) is 11.4 Å². The molecule has 0 atom stereocenters. The highest BCUT2D eigenvalue weighted by atomic mass is 32.2. The Morgan fingerprint density at radius 1 is 0.370 bits per heavy atom. The first kappa shape index (κ1) is 47.5. The van der Waals surface area contributed by atoms with Gasteiger partial charge in [-0.15, -0.1) is 0 Å². The molecule has 2 aromatic heterocycles. The van der Waals surface area contributed by atoms with Gasteiger partial charge in [-0.25, -0.2) is 0 Å². The van der Waals surface area contributed by atoms with E-state index in [0.717, 1.165) is 113 Å². The van der Waals surface area contributed by atoms with E-state index in [4.69, 9.17) is 18.9 Å². The van der Waals surface area contributed by atoms with Crippen molar-refractivity contribution in [1.82, 2.24) is 0 Å². The molecular weight excluding hydrogens is 1050 g/mol. The minimum absolute atomic E-state index is 0.0977. The SMILES string of the molecule is CSN1c2cc(-c3c(C)cccc3C)cc3c2B(c2ccccc2O3)c2sc3c(c21)Oc1cc(-c2c(C)cccc2C)cc2c1B3c1sc3c(c1O2)N(c1ccccc1)c1cc(-c2c(C)cccc2C)cc2c1B3c1ccccc1O2. The van der Waals surface area contributed by atoms with E-state index in [1.807, 2.05) is 22.7 Å². The van der Waals surface area contributed by atoms with Gasteiger partial charge < -0.3 is 23.8 Å². The minimum atomic E-state index is -0.215. The Bertz CT molecular complexity index is 4550. The molecule has 11 aromatic rings. The largest absolute Gasteiger partial charge is 0.458 e. The summed E-state index contributed by atoms with van der Waals surface area (Å²) in [4.78, 5) is 2.48. The number of aryl methyl sites for hydroxylation is 6. The summed E-state index contributed by atoms with van der Waals surface area (Å²) in [7, 11) is 0. The van der Waals surface area contributed by atoms with Crippen LogP contribution in [-0.2, 0) is 0 Å². The summed E-state index contributed by atoms with van der Waals surface area (Å²) in [6, 6.07) is 61.8. The highest BCUT2D eigenvalue weighted by Crippen LogP contribution is 2.54. The number of rotatable bonds is 5. The van der Waals surface area contributed by atoms with Crippen LogP contribution in [0.4, 0.5) is 28.4 Å². The van der Waals surface area contributed by atoms with Crippen LogP contribution in [0.5, 0.6) is 46.0 Å². The van der Waals surface area contributed by atoms with Gasteiger partial charge in [0, 0.05) is 42.2 Å². The van der Waals surface area contributed by atoms with E-state index in [1.165, 1.54) is 74.6 Å². The standard InChI is InChI=1S/C69H49B3N2O4S3/c1-36-18-15-19-37(2)56(36)42-30-48-59-52(32-42)75-50-28-13-11-26-46(50)70(59)66-62(73(48)45-24-9-8-10-25-45)64-68(80-66)72-61-54(77-64)34-44(58-40(5)22-17-23-41(58)6)35-55(61)78-65-63-67(81-69(65)72)71-47-27-12-14-29-51(47)76-53-33-43(31-49(60(53)71)74(63)79-7)57-38(3)20-16-21-39(57)4/h8-35H,1-7H3. The first-order valence-electron chi connectivity index (χ1n) is 27.8. The van der Waals surface area contributed by atoms with Gasteiger partial charge in [0.2, 0.25) is 0 Å². The Hall–Kier alpha value is -8.28. The minimum Gasteiger partial charge on any atom is -0.458 e. The van der Waals surface area contributed by atoms with Crippen molar-refractivity contribution in [3.05, 3.63) is 203 Å². The fourth-order valence-electron chi connectivity index (χ4n) is 14.5. The zero-order chi connectivity index (χ0) is 54.3. The van der Waals surface area contributed by atoms with Crippen LogP contribution in [0.3, 0.4) is 0 Å². The number of benzene rings is 9. The molecule has 6 aliphatic heterocycles. The van der Waals surface area contributed by atoms with Crippen molar-refractivity contribution in [2.24, 2.45) is 0 Å². The van der Waals surface area contributed by atoms with Gasteiger partial charge in [0.25, 0.3) is 20.1 Å². The fraction of sp³-hybridized carbons (Fsp3) is 0.101. The summed E-state index contributed by atoms with van der Waals surface area (Å²) < 4.78 is 36.9. The molecule has 81 heavy (non-hydrogen) atoms. The number of para-hydroxylation sites is 3. The van der Waals surface area contributed by atoms with Crippen LogP contribution in [0.2, 0.25) is 0 Å². The van der Waals surface area contributed by atoms with Crippen molar-refractivity contribution in [1.29, 1.82) is 0 Å². The lowest BCUT2D eigenvalue weighted by Gasteiger charge is -2.39. The van der Waals surface area contributed by atoms with Crippen LogP contribution < -0.4 is 74.6 Å². The second kappa shape index (κ2) is 17.4. The van der Waals surface area contributed by atoms with E-state index in [2.05, 4.69) is 227 Å². The number of thiophene rings is 2. The molecule has 17 rings (SSSR count). The van der Waals surface area contributed by atoms with Crippen molar-refractivity contribution in [2.45, 2.75) is 41.5 Å². The molecule has 386 valence electrons. The lowest BCUT2D eigenvalue weighted by molar-refractivity contribution is 0.468. The molecule has 6 nitrogen and oxygen atoms in total. The summed E-state index contributed by atoms with van der Waals surface area (Å²) >= 11 is 5.52. The number of fused-ring (bicyclic) bond motifs is 14. The third-order valence-corrected chi connectivity index (χ3v) is 21.1. The molecule has 6 aliphatic rings. The predicted octanol–water partition coefficient (Wildman–Crippen LogP) is 13.1. The molecule has 0 unspecified atom stereocenters. The van der Waals surface area contributed by atoms with Crippen LogP contribution in [0.1, 0.15) is 33.4 Å². The van der Waals surface area contributed by atoms with Gasteiger partial charge in [-0.2, -0.15) is 22.7 Å². The third-order valence-electron chi connectivity index (χ3n) is 17.8. The van der Waals surface area contributed by atoms with Gasteiger partial charge in [-0.1, -0.05) is 109 Å². The van der Waals surface area contributed by atoms with Crippen molar-refractivity contribution >= 4 is 130 Å². The molecule has 0 aliphatic carbocycles. The first-order chi connectivity index (χ1) is 39.6. The van der Waals surface area contributed by atoms with Crippen LogP contribution >= 0.6 is 34.6 Å². The Labute approximate surface area is 485 Å². The molecule has 0 spiro atoms. The maximum Gasteiger partial charge on any atom is 0.285 e. The molecule has 12 heteroatoms. The Balaban J connectivity index is 0.958. The van der Waals surface area contributed by atoms with Gasteiger partial charge in [-0.05, 0) is 203 Å². The normalized spacial score (nSPS) is 13.9. The van der Waals surface area contributed by atoms with Crippen molar-refractivity contribution in [2.75, 3.05) is 15.5 Å². The quantitative estimate of drug-likeness (QED) is 0.126. The molecule has 0 radical (unpaired) electrons. The second-order valence-corrected chi connectivity index (χ2v) is 25.3. The fourth-order valence-corrected chi connectivity index (χ4v) is 18.2. The molecule has 0 saturated heterocycles.